The Bertz CT molecular complexity index is 1220. The van der Waals surface area contributed by atoms with Crippen LogP contribution >= 0.6 is 23.4 Å². The molecule has 1 aliphatic heterocycles. The van der Waals surface area contributed by atoms with Gasteiger partial charge in [-0.2, -0.15) is 0 Å². The van der Waals surface area contributed by atoms with Crippen LogP contribution in [0.1, 0.15) is 12.0 Å². The van der Waals surface area contributed by atoms with Crippen LogP contribution in [0.15, 0.2) is 96.4 Å². The molecule has 35 heavy (non-hydrogen) atoms. The van der Waals surface area contributed by atoms with Gasteiger partial charge in [0.05, 0.1) is 25.6 Å². The quantitative estimate of drug-likeness (QED) is 0.231. The van der Waals surface area contributed by atoms with Crippen LogP contribution in [0, 0.1) is 5.82 Å². The lowest BCUT2D eigenvalue weighted by Gasteiger charge is -2.28. The van der Waals surface area contributed by atoms with E-state index in [2.05, 4.69) is 29.2 Å². The van der Waals surface area contributed by atoms with Gasteiger partial charge in [-0.25, -0.2) is 9.37 Å². The predicted octanol–water partition coefficient (Wildman–Crippen LogP) is 6.88. The highest BCUT2D eigenvalue weighted by Gasteiger charge is 2.41. The van der Waals surface area contributed by atoms with Gasteiger partial charge in [0.1, 0.15) is 5.82 Å². The van der Waals surface area contributed by atoms with Crippen LogP contribution in [0.3, 0.4) is 0 Å². The number of rotatable bonds is 9. The minimum absolute atomic E-state index is 0.0207. The number of ether oxygens (including phenoxy) is 2. The number of hydrogen-bond donors (Lipinski definition) is 0. The van der Waals surface area contributed by atoms with Crippen LogP contribution < -0.4 is 0 Å². The average molecular weight is 509 g/mol. The second-order valence-corrected chi connectivity index (χ2v) is 10.2. The molecule has 4 aromatic rings. The smallest absolute Gasteiger partial charge is 0.187 e. The number of aromatic nitrogens is 2. The molecule has 0 radical (unpaired) electrons. The van der Waals surface area contributed by atoms with Gasteiger partial charge in [0, 0.05) is 34.5 Å². The SMILES string of the molecule is Fc1ccc(CCC2(Cn3ccnc3)OCC(CSc3ccc(-c4ccc(Cl)cc4)cc3)O2)cc1. The average Bonchev–Trinajstić information content (AvgIpc) is 3.54. The van der Waals surface area contributed by atoms with Crippen molar-refractivity contribution < 1.29 is 13.9 Å². The van der Waals surface area contributed by atoms with E-state index >= 15 is 0 Å². The lowest BCUT2D eigenvalue weighted by molar-refractivity contribution is -0.180. The molecule has 0 bridgehead atoms. The molecule has 1 aromatic heterocycles. The first-order valence-corrected chi connectivity index (χ1v) is 12.9. The van der Waals surface area contributed by atoms with E-state index in [0.29, 0.717) is 19.6 Å². The van der Waals surface area contributed by atoms with Gasteiger partial charge in [0.2, 0.25) is 0 Å². The van der Waals surface area contributed by atoms with Gasteiger partial charge in [0.15, 0.2) is 5.79 Å². The molecule has 2 atom stereocenters. The van der Waals surface area contributed by atoms with Gasteiger partial charge < -0.3 is 14.0 Å². The van der Waals surface area contributed by atoms with Crippen molar-refractivity contribution in [2.24, 2.45) is 0 Å². The third-order valence-electron chi connectivity index (χ3n) is 6.07. The Kier molecular flexibility index (Phi) is 7.54. The van der Waals surface area contributed by atoms with Crippen LogP contribution in [0.4, 0.5) is 4.39 Å². The first kappa shape index (κ1) is 24.1. The molecule has 5 rings (SSSR count). The van der Waals surface area contributed by atoms with Crippen molar-refractivity contribution in [1.82, 2.24) is 9.55 Å². The standard InChI is InChI=1S/C28H26ClFN2O2S/c29-24-7-3-22(4-8-24)23-5-11-27(12-6-23)35-18-26-17-33-28(34-26,19-32-16-15-31-20-32)14-13-21-1-9-25(30)10-2-21/h1-12,15-16,20,26H,13-14,17-19H2. The van der Waals surface area contributed by atoms with Crippen molar-refractivity contribution in [3.8, 4) is 11.1 Å². The second kappa shape index (κ2) is 11.0. The molecule has 7 heteroatoms. The van der Waals surface area contributed by atoms with E-state index in [1.165, 1.54) is 17.0 Å². The highest BCUT2D eigenvalue weighted by atomic mass is 35.5. The summed E-state index contributed by atoms with van der Waals surface area (Å²) in [5.41, 5.74) is 3.36. The van der Waals surface area contributed by atoms with E-state index < -0.39 is 5.79 Å². The number of nitrogens with zero attached hydrogens (tertiary/aromatic N) is 2. The number of imidazole rings is 1. The summed E-state index contributed by atoms with van der Waals surface area (Å²) >= 11 is 7.76. The number of aryl methyl sites for hydroxylation is 1. The third kappa shape index (κ3) is 6.33. The first-order chi connectivity index (χ1) is 17.1. The van der Waals surface area contributed by atoms with E-state index in [0.717, 1.165) is 33.9 Å². The zero-order valence-electron chi connectivity index (χ0n) is 19.1. The molecule has 3 aromatic carbocycles. The van der Waals surface area contributed by atoms with E-state index in [-0.39, 0.29) is 11.9 Å². The number of benzene rings is 3. The van der Waals surface area contributed by atoms with E-state index in [1.807, 2.05) is 47.2 Å². The minimum Gasteiger partial charge on any atom is -0.345 e. The van der Waals surface area contributed by atoms with Gasteiger partial charge in [-0.1, -0.05) is 48.0 Å². The Hall–Kier alpha value is -2.64. The van der Waals surface area contributed by atoms with Crippen molar-refractivity contribution in [2.75, 3.05) is 12.4 Å². The summed E-state index contributed by atoms with van der Waals surface area (Å²) < 4.78 is 28.1. The highest BCUT2D eigenvalue weighted by molar-refractivity contribution is 7.99. The van der Waals surface area contributed by atoms with E-state index in [1.54, 1.807) is 24.3 Å². The van der Waals surface area contributed by atoms with Crippen molar-refractivity contribution >= 4 is 23.4 Å². The Morgan fingerprint density at radius 1 is 1.00 bits per heavy atom. The molecule has 1 fully saturated rings. The maximum absolute atomic E-state index is 13.3. The van der Waals surface area contributed by atoms with Crippen molar-refractivity contribution in [3.63, 3.8) is 0 Å². The van der Waals surface area contributed by atoms with Crippen LogP contribution in [0.25, 0.3) is 11.1 Å². The fourth-order valence-electron chi connectivity index (χ4n) is 4.21. The number of hydrogen-bond acceptors (Lipinski definition) is 4. The summed E-state index contributed by atoms with van der Waals surface area (Å²) in [6.45, 7) is 1.10. The molecule has 0 aliphatic carbocycles. The maximum Gasteiger partial charge on any atom is 0.187 e. The Morgan fingerprint density at radius 3 is 2.40 bits per heavy atom. The summed E-state index contributed by atoms with van der Waals surface area (Å²) in [4.78, 5) is 5.34. The maximum atomic E-state index is 13.3. The highest BCUT2D eigenvalue weighted by Crippen LogP contribution is 2.34. The molecule has 0 spiro atoms. The van der Waals surface area contributed by atoms with E-state index in [4.69, 9.17) is 21.1 Å². The molecule has 180 valence electrons. The zero-order chi connectivity index (χ0) is 24.1. The monoisotopic (exact) mass is 508 g/mol. The van der Waals surface area contributed by atoms with Crippen LogP contribution in [0.5, 0.6) is 0 Å². The molecular formula is C28H26ClFN2O2S. The van der Waals surface area contributed by atoms with Gasteiger partial charge in [-0.3, -0.25) is 0 Å². The summed E-state index contributed by atoms with van der Waals surface area (Å²) in [6.07, 6.45) is 6.83. The third-order valence-corrected chi connectivity index (χ3v) is 7.47. The van der Waals surface area contributed by atoms with Crippen LogP contribution in [0.2, 0.25) is 5.02 Å². The van der Waals surface area contributed by atoms with Crippen molar-refractivity contribution in [1.29, 1.82) is 0 Å². The Morgan fingerprint density at radius 2 is 1.71 bits per heavy atom. The zero-order valence-corrected chi connectivity index (χ0v) is 20.7. The van der Waals surface area contributed by atoms with Gasteiger partial charge >= 0.3 is 0 Å². The Balaban J connectivity index is 1.20. The van der Waals surface area contributed by atoms with Crippen molar-refractivity contribution in [3.05, 3.63) is 108 Å². The lowest BCUT2D eigenvalue weighted by Crippen LogP contribution is -2.37. The summed E-state index contributed by atoms with van der Waals surface area (Å²) in [5, 5.41) is 0.737. The van der Waals surface area contributed by atoms with Gasteiger partial charge in [-0.05, 0) is 59.5 Å². The summed E-state index contributed by atoms with van der Waals surface area (Å²) in [5.74, 6) is -0.171. The summed E-state index contributed by atoms with van der Waals surface area (Å²) in [7, 11) is 0. The minimum atomic E-state index is -0.737. The van der Waals surface area contributed by atoms with Gasteiger partial charge in [0.25, 0.3) is 0 Å². The molecule has 4 nitrogen and oxygen atoms in total. The van der Waals surface area contributed by atoms with E-state index in [9.17, 15) is 4.39 Å². The van der Waals surface area contributed by atoms with Crippen LogP contribution in [-0.2, 0) is 22.4 Å². The molecule has 2 heterocycles. The molecular weight excluding hydrogens is 483 g/mol. The molecule has 2 unspecified atom stereocenters. The topological polar surface area (TPSA) is 36.3 Å². The normalized spacial score (nSPS) is 19.8. The molecule has 1 saturated heterocycles. The number of thioether (sulfide) groups is 1. The first-order valence-electron chi connectivity index (χ1n) is 11.6. The Labute approximate surface area is 214 Å². The largest absolute Gasteiger partial charge is 0.345 e. The molecule has 1 aliphatic rings. The summed E-state index contributed by atoms with van der Waals surface area (Å²) in [6, 6.07) is 23.0. The van der Waals surface area contributed by atoms with Crippen LogP contribution in [-0.4, -0.2) is 33.8 Å². The fraction of sp³-hybridized carbons (Fsp3) is 0.250. The molecule has 0 N–H and O–H groups in total. The fourth-order valence-corrected chi connectivity index (χ4v) is 5.21. The second-order valence-electron chi connectivity index (χ2n) is 8.67. The van der Waals surface area contributed by atoms with Gasteiger partial charge in [-0.15, -0.1) is 11.8 Å². The van der Waals surface area contributed by atoms with Crippen molar-refractivity contribution in [2.45, 2.75) is 36.2 Å². The molecule has 0 amide bonds. The lowest BCUT2D eigenvalue weighted by atomic mass is 10.0. The number of halogens is 2. The predicted molar refractivity (Wildman–Crippen MR) is 138 cm³/mol. The molecule has 0 saturated carbocycles.